The molecule has 204 valence electrons. The van der Waals surface area contributed by atoms with Gasteiger partial charge in [-0.1, -0.05) is 54.2 Å². The van der Waals surface area contributed by atoms with Gasteiger partial charge in [-0.15, -0.1) is 0 Å². The SMILES string of the molecule is CC(C)(C)OC(=O)N[C@H](Cc1ccccc1)C(=O)N=C1S[C@H]2CS(=O)(=O)C[C@@H]2N1CCc1ccc(F)cc1. The third-order valence-corrected chi connectivity index (χ3v) is 9.45. The van der Waals surface area contributed by atoms with Gasteiger partial charge in [-0.3, -0.25) is 4.79 Å². The highest BCUT2D eigenvalue weighted by atomic mass is 32.2. The number of nitrogens with one attached hydrogen (secondary N) is 1. The first-order valence-electron chi connectivity index (χ1n) is 12.4. The molecular formula is C27H32FN3O5S2. The van der Waals surface area contributed by atoms with Gasteiger partial charge in [0.05, 0.1) is 17.5 Å². The molecule has 8 nitrogen and oxygen atoms in total. The van der Waals surface area contributed by atoms with E-state index in [1.54, 1.807) is 32.9 Å². The Bertz CT molecular complexity index is 1290. The van der Waals surface area contributed by atoms with Crippen LogP contribution in [0.25, 0.3) is 0 Å². The van der Waals surface area contributed by atoms with Crippen LogP contribution in [0.1, 0.15) is 31.9 Å². The van der Waals surface area contributed by atoms with Crippen molar-refractivity contribution in [1.82, 2.24) is 10.2 Å². The van der Waals surface area contributed by atoms with Gasteiger partial charge < -0.3 is 15.0 Å². The summed E-state index contributed by atoms with van der Waals surface area (Å²) in [6.45, 7) is 5.63. The first-order chi connectivity index (χ1) is 17.9. The summed E-state index contributed by atoms with van der Waals surface area (Å²) in [5.74, 6) is -0.865. The second-order valence-corrected chi connectivity index (χ2v) is 13.9. The molecule has 0 radical (unpaired) electrons. The maximum Gasteiger partial charge on any atom is 0.408 e. The summed E-state index contributed by atoms with van der Waals surface area (Å²) in [5, 5.41) is 2.87. The van der Waals surface area contributed by atoms with Crippen LogP contribution < -0.4 is 5.32 Å². The Morgan fingerprint density at radius 2 is 1.79 bits per heavy atom. The van der Waals surface area contributed by atoms with Crippen molar-refractivity contribution >= 4 is 38.8 Å². The van der Waals surface area contributed by atoms with Crippen LogP contribution >= 0.6 is 11.8 Å². The Labute approximate surface area is 227 Å². The lowest BCUT2D eigenvalue weighted by atomic mass is 10.1. The largest absolute Gasteiger partial charge is 0.444 e. The summed E-state index contributed by atoms with van der Waals surface area (Å²) in [7, 11) is -3.19. The third kappa shape index (κ3) is 7.57. The number of sulfone groups is 1. The highest BCUT2D eigenvalue weighted by molar-refractivity contribution is 8.15. The Hall–Kier alpha value is -2.92. The number of rotatable bonds is 7. The molecule has 4 rings (SSSR count). The van der Waals surface area contributed by atoms with Crippen molar-refractivity contribution < 1.29 is 27.1 Å². The minimum Gasteiger partial charge on any atom is -0.444 e. The molecule has 3 atom stereocenters. The standard InChI is InChI=1S/C27H32FN3O5S2/c1-27(2,3)36-26(33)29-21(15-19-7-5-4-6-8-19)24(32)30-25-31(14-13-18-9-11-20(28)12-10-18)22-16-38(34,35)17-23(22)37-25/h4-12,21-23H,13-17H2,1-3H3,(H,29,33)/t21-,22+,23+/m1/s1. The third-order valence-electron chi connectivity index (χ3n) is 6.21. The zero-order valence-corrected chi connectivity index (χ0v) is 23.2. The van der Waals surface area contributed by atoms with Gasteiger partial charge in [-0.2, -0.15) is 4.99 Å². The lowest BCUT2D eigenvalue weighted by Gasteiger charge is -2.25. The molecule has 0 spiro atoms. The molecule has 2 amide bonds. The number of carbonyl (C=O) groups excluding carboxylic acids is 2. The van der Waals surface area contributed by atoms with Gasteiger partial charge in [-0.05, 0) is 50.5 Å². The first kappa shape index (κ1) is 28.1. The minimum absolute atomic E-state index is 0.00903. The number of amides is 2. The Morgan fingerprint density at radius 1 is 1.11 bits per heavy atom. The Balaban J connectivity index is 1.56. The van der Waals surface area contributed by atoms with E-state index in [9.17, 15) is 22.4 Å². The highest BCUT2D eigenvalue weighted by Gasteiger charge is 2.48. The van der Waals surface area contributed by atoms with E-state index < -0.39 is 33.5 Å². The molecule has 0 bridgehead atoms. The summed E-state index contributed by atoms with van der Waals surface area (Å²) in [6.07, 6.45) is 0.0279. The predicted octanol–water partition coefficient (Wildman–Crippen LogP) is 3.60. The fourth-order valence-corrected chi connectivity index (χ4v) is 8.45. The van der Waals surface area contributed by atoms with Gasteiger partial charge in [-0.25, -0.2) is 17.6 Å². The molecule has 38 heavy (non-hydrogen) atoms. The maximum atomic E-state index is 13.5. The van der Waals surface area contributed by atoms with Crippen LogP contribution in [-0.4, -0.2) is 71.5 Å². The van der Waals surface area contributed by atoms with E-state index in [1.165, 1.54) is 23.9 Å². The van der Waals surface area contributed by atoms with Gasteiger partial charge in [0.15, 0.2) is 15.0 Å². The van der Waals surface area contributed by atoms with Crippen molar-refractivity contribution in [1.29, 1.82) is 0 Å². The summed E-state index contributed by atoms with van der Waals surface area (Å²) in [4.78, 5) is 32.3. The van der Waals surface area contributed by atoms with E-state index in [2.05, 4.69) is 10.3 Å². The summed E-state index contributed by atoms with van der Waals surface area (Å²) < 4.78 is 43.4. The number of halogens is 1. The van der Waals surface area contributed by atoms with Crippen LogP contribution in [0.2, 0.25) is 0 Å². The molecule has 0 aromatic heterocycles. The Kier molecular flexibility index (Phi) is 8.46. The van der Waals surface area contributed by atoms with Crippen molar-refractivity contribution in [3.63, 3.8) is 0 Å². The molecule has 0 aliphatic carbocycles. The zero-order chi connectivity index (χ0) is 27.5. The molecule has 2 heterocycles. The van der Waals surface area contributed by atoms with E-state index in [1.807, 2.05) is 35.2 Å². The Morgan fingerprint density at radius 3 is 2.45 bits per heavy atom. The molecular weight excluding hydrogens is 529 g/mol. The van der Waals surface area contributed by atoms with Gasteiger partial charge >= 0.3 is 6.09 Å². The molecule has 2 aromatic rings. The van der Waals surface area contributed by atoms with Crippen molar-refractivity contribution in [2.75, 3.05) is 18.1 Å². The van der Waals surface area contributed by atoms with Gasteiger partial charge in [0.25, 0.3) is 5.91 Å². The number of ether oxygens (including phenoxy) is 1. The average molecular weight is 562 g/mol. The summed E-state index contributed by atoms with van der Waals surface area (Å²) in [5.41, 5.74) is 0.995. The number of benzene rings is 2. The number of fused-ring (bicyclic) bond motifs is 1. The van der Waals surface area contributed by atoms with Gasteiger partial charge in [0, 0.05) is 18.2 Å². The predicted molar refractivity (Wildman–Crippen MR) is 146 cm³/mol. The van der Waals surface area contributed by atoms with Gasteiger partial charge in [0.2, 0.25) is 0 Å². The normalized spacial score (nSPS) is 22.2. The smallest absolute Gasteiger partial charge is 0.408 e. The van der Waals surface area contributed by atoms with E-state index in [-0.39, 0.29) is 35.0 Å². The molecule has 2 fully saturated rings. The van der Waals surface area contributed by atoms with Crippen molar-refractivity contribution in [3.05, 3.63) is 71.5 Å². The molecule has 2 aliphatic heterocycles. The van der Waals surface area contributed by atoms with E-state index in [0.717, 1.165) is 11.1 Å². The van der Waals surface area contributed by atoms with E-state index in [4.69, 9.17) is 4.74 Å². The number of carbonyl (C=O) groups is 2. The van der Waals surface area contributed by atoms with Crippen LogP contribution in [0.4, 0.5) is 9.18 Å². The summed E-state index contributed by atoms with van der Waals surface area (Å²) in [6, 6.07) is 14.1. The second kappa shape index (κ2) is 11.4. The number of hydrogen-bond donors (Lipinski definition) is 1. The number of thioether (sulfide) groups is 1. The minimum atomic E-state index is -3.19. The fraction of sp³-hybridized carbons (Fsp3) is 0.444. The van der Waals surface area contributed by atoms with E-state index >= 15 is 0 Å². The molecule has 2 aliphatic rings. The first-order valence-corrected chi connectivity index (χ1v) is 15.1. The average Bonchev–Trinajstić information content (AvgIpc) is 3.28. The van der Waals surface area contributed by atoms with Crippen molar-refractivity contribution in [3.8, 4) is 0 Å². The van der Waals surface area contributed by atoms with Crippen LogP contribution in [0.15, 0.2) is 59.6 Å². The van der Waals surface area contributed by atoms with Crippen LogP contribution in [0, 0.1) is 5.82 Å². The van der Waals surface area contributed by atoms with Crippen LogP contribution in [0.5, 0.6) is 0 Å². The number of nitrogens with zero attached hydrogens (tertiary/aromatic N) is 2. The van der Waals surface area contributed by atoms with Crippen molar-refractivity contribution in [2.24, 2.45) is 4.99 Å². The molecule has 1 N–H and O–H groups in total. The molecule has 0 unspecified atom stereocenters. The molecule has 2 aromatic carbocycles. The molecule has 2 saturated heterocycles. The molecule has 11 heteroatoms. The van der Waals surface area contributed by atoms with E-state index in [0.29, 0.717) is 18.1 Å². The monoisotopic (exact) mass is 561 g/mol. The maximum absolute atomic E-state index is 13.5. The number of amidine groups is 1. The quantitative estimate of drug-likeness (QED) is 0.551. The van der Waals surface area contributed by atoms with Crippen LogP contribution in [0.3, 0.4) is 0 Å². The van der Waals surface area contributed by atoms with Crippen LogP contribution in [-0.2, 0) is 32.2 Å². The second-order valence-electron chi connectivity index (χ2n) is 10.5. The number of aliphatic imine (C=N–C) groups is 1. The fourth-order valence-electron chi connectivity index (χ4n) is 4.47. The lowest BCUT2D eigenvalue weighted by Crippen LogP contribution is -2.45. The zero-order valence-electron chi connectivity index (χ0n) is 21.6. The van der Waals surface area contributed by atoms with Gasteiger partial charge in [0.1, 0.15) is 17.5 Å². The lowest BCUT2D eigenvalue weighted by molar-refractivity contribution is -0.119. The number of alkyl carbamates (subject to hydrolysis) is 1. The highest BCUT2D eigenvalue weighted by Crippen LogP contribution is 2.38. The topological polar surface area (TPSA) is 105 Å². The molecule has 0 saturated carbocycles. The number of hydrogen-bond acceptors (Lipinski definition) is 6. The summed E-state index contributed by atoms with van der Waals surface area (Å²) >= 11 is 1.28. The van der Waals surface area contributed by atoms with Crippen molar-refractivity contribution in [2.45, 2.75) is 56.5 Å².